The lowest BCUT2D eigenvalue weighted by atomic mass is 10.1. The van der Waals surface area contributed by atoms with Crippen LogP contribution in [-0.4, -0.2) is 22.0 Å². The molecule has 3 nitrogen and oxygen atoms in total. The molecule has 0 bridgehead atoms. The van der Waals surface area contributed by atoms with Gasteiger partial charge in [0.2, 0.25) is 0 Å². The zero-order valence-corrected chi connectivity index (χ0v) is 13.7. The predicted molar refractivity (Wildman–Crippen MR) is 82.3 cm³/mol. The summed E-state index contributed by atoms with van der Waals surface area (Å²) in [5.74, 6) is -2.56. The second-order valence-corrected chi connectivity index (χ2v) is 6.09. The minimum Gasteiger partial charge on any atom is -0.262 e. The number of benzene rings is 1. The zero-order chi connectivity index (χ0) is 18.6. The highest BCUT2D eigenvalue weighted by atomic mass is 32.2. The number of hydrogen-bond acceptors (Lipinski definition) is 4. The van der Waals surface area contributed by atoms with E-state index in [1.807, 2.05) is 6.07 Å². The molecule has 2 aromatic rings. The van der Waals surface area contributed by atoms with Crippen LogP contribution >= 0.6 is 11.9 Å². The van der Waals surface area contributed by atoms with Gasteiger partial charge in [0.25, 0.3) is 0 Å². The number of nitrogens with zero attached hydrogens (tertiary/aromatic N) is 3. The number of halogens is 5. The number of alkyl halides is 3. The Morgan fingerprint density at radius 1 is 1.20 bits per heavy atom. The molecule has 132 valence electrons. The van der Waals surface area contributed by atoms with Gasteiger partial charge >= 0.3 is 6.18 Å². The molecule has 0 aliphatic carbocycles. The van der Waals surface area contributed by atoms with Gasteiger partial charge in [0.05, 0.1) is 5.56 Å². The smallest absolute Gasteiger partial charge is 0.262 e. The van der Waals surface area contributed by atoms with E-state index in [0.29, 0.717) is 17.0 Å². The largest absolute Gasteiger partial charge is 0.408 e. The van der Waals surface area contributed by atoms with Gasteiger partial charge in [-0.1, -0.05) is 13.0 Å². The molecule has 0 N–H and O–H groups in total. The van der Waals surface area contributed by atoms with Crippen molar-refractivity contribution < 1.29 is 22.0 Å². The van der Waals surface area contributed by atoms with Crippen molar-refractivity contribution in [3.05, 3.63) is 59.4 Å². The summed E-state index contributed by atoms with van der Waals surface area (Å²) in [6, 6.07) is 3.22. The Bertz CT molecular complexity index is 788. The fourth-order valence-corrected chi connectivity index (χ4v) is 3.20. The molecule has 0 unspecified atom stereocenters. The minimum atomic E-state index is -4.71. The van der Waals surface area contributed by atoms with Crippen LogP contribution in [0.1, 0.15) is 24.1 Å². The van der Waals surface area contributed by atoms with Crippen LogP contribution in [0.5, 0.6) is 0 Å². The van der Waals surface area contributed by atoms with Gasteiger partial charge < -0.3 is 0 Å². The summed E-state index contributed by atoms with van der Waals surface area (Å²) in [6.07, 6.45) is -2.10. The first-order valence-electron chi connectivity index (χ1n) is 7.07. The van der Waals surface area contributed by atoms with Crippen LogP contribution in [-0.2, 0) is 0 Å². The van der Waals surface area contributed by atoms with E-state index >= 15 is 0 Å². The molecule has 9 heteroatoms. The molecule has 25 heavy (non-hydrogen) atoms. The van der Waals surface area contributed by atoms with Crippen molar-refractivity contribution in [2.45, 2.75) is 24.0 Å². The second kappa shape index (κ2) is 7.80. The van der Waals surface area contributed by atoms with Gasteiger partial charge in [0, 0.05) is 23.8 Å². The lowest BCUT2D eigenvalue weighted by molar-refractivity contribution is -0.172. The Balaban J connectivity index is 2.40. The van der Waals surface area contributed by atoms with E-state index < -0.39 is 29.4 Å². The molecule has 0 radical (unpaired) electrons. The average Bonchev–Trinajstić information content (AvgIpc) is 2.56. The summed E-state index contributed by atoms with van der Waals surface area (Å²) in [5.41, 5.74) is -0.206. The van der Waals surface area contributed by atoms with E-state index in [1.165, 1.54) is 25.4 Å². The molecule has 1 aromatic carbocycles. The molecule has 1 heterocycles. The molecule has 0 fully saturated rings. The predicted octanol–water partition coefficient (Wildman–Crippen LogP) is 4.86. The van der Waals surface area contributed by atoms with E-state index in [9.17, 15) is 22.0 Å². The number of aromatic nitrogens is 1. The Hall–Kier alpha value is -2.18. The topological polar surface area (TPSA) is 39.9 Å². The van der Waals surface area contributed by atoms with Crippen LogP contribution < -0.4 is 0 Å². The van der Waals surface area contributed by atoms with E-state index in [-0.39, 0.29) is 12.1 Å². The third kappa shape index (κ3) is 4.67. The highest BCUT2D eigenvalue weighted by Gasteiger charge is 2.45. The molecular weight excluding hydrogens is 361 g/mol. The summed E-state index contributed by atoms with van der Waals surface area (Å²) in [4.78, 5) is 4.13. The van der Waals surface area contributed by atoms with E-state index in [1.54, 1.807) is 0 Å². The van der Waals surface area contributed by atoms with Crippen LogP contribution in [0.2, 0.25) is 0 Å². The fourth-order valence-electron chi connectivity index (χ4n) is 2.17. The van der Waals surface area contributed by atoms with Gasteiger partial charge in [0.1, 0.15) is 12.1 Å². The van der Waals surface area contributed by atoms with Crippen LogP contribution in [0, 0.1) is 23.0 Å². The lowest BCUT2D eigenvalue weighted by Gasteiger charge is -2.31. The van der Waals surface area contributed by atoms with Gasteiger partial charge in [-0.25, -0.2) is 13.1 Å². The Kier molecular flexibility index (Phi) is 5.98. The second-order valence-electron chi connectivity index (χ2n) is 4.96. The van der Waals surface area contributed by atoms with Crippen molar-refractivity contribution in [3.63, 3.8) is 0 Å². The van der Waals surface area contributed by atoms with Crippen molar-refractivity contribution in [1.82, 2.24) is 9.29 Å². The first kappa shape index (κ1) is 19.1. The minimum absolute atomic E-state index is 0.0371. The molecule has 0 spiro atoms. The number of nitriles is 1. The standard InChI is InChI=1S/C16H12F5N3S/c1-2-24(25-12-5-10(7-22)8-23-9-12)15(16(19,20)21)11-3-4-13(17)14(18)6-11/h3-6,8-9,15H,2H2,1H3/t15-/m0/s1. The molecular formula is C16H12F5N3S. The van der Waals surface area contributed by atoms with Gasteiger partial charge in [-0.05, 0) is 35.7 Å². The Labute approximate surface area is 145 Å². The highest BCUT2D eigenvalue weighted by molar-refractivity contribution is 7.97. The van der Waals surface area contributed by atoms with Crippen molar-refractivity contribution in [2.75, 3.05) is 6.54 Å². The van der Waals surface area contributed by atoms with Crippen LogP contribution in [0.4, 0.5) is 22.0 Å². The third-order valence-corrected chi connectivity index (χ3v) is 4.37. The van der Waals surface area contributed by atoms with E-state index in [2.05, 4.69) is 4.98 Å². The van der Waals surface area contributed by atoms with Gasteiger partial charge in [-0.3, -0.25) is 4.98 Å². The third-order valence-electron chi connectivity index (χ3n) is 3.23. The number of pyridine rings is 1. The van der Waals surface area contributed by atoms with Crippen LogP contribution in [0.25, 0.3) is 0 Å². The summed E-state index contributed by atoms with van der Waals surface area (Å²) in [5, 5.41) is 8.86. The monoisotopic (exact) mass is 373 g/mol. The Morgan fingerprint density at radius 2 is 1.92 bits per heavy atom. The molecule has 0 saturated carbocycles. The van der Waals surface area contributed by atoms with Gasteiger partial charge in [-0.15, -0.1) is 0 Å². The summed E-state index contributed by atoms with van der Waals surface area (Å²) in [6.45, 7) is 1.47. The number of rotatable bonds is 5. The SMILES string of the molecule is CCN(Sc1cncc(C#N)c1)[C@@H](c1ccc(F)c(F)c1)C(F)(F)F. The molecule has 0 aliphatic heterocycles. The summed E-state index contributed by atoms with van der Waals surface area (Å²) < 4.78 is 68.2. The van der Waals surface area contributed by atoms with Crippen molar-refractivity contribution in [1.29, 1.82) is 5.26 Å². The normalized spacial score (nSPS) is 12.9. The number of hydrogen-bond donors (Lipinski definition) is 0. The molecule has 1 aromatic heterocycles. The maximum absolute atomic E-state index is 13.6. The van der Waals surface area contributed by atoms with Crippen LogP contribution in [0.3, 0.4) is 0 Å². The first-order chi connectivity index (χ1) is 11.8. The highest BCUT2D eigenvalue weighted by Crippen LogP contribution is 2.42. The first-order valence-corrected chi connectivity index (χ1v) is 7.85. The van der Waals surface area contributed by atoms with Crippen molar-refractivity contribution in [2.24, 2.45) is 0 Å². The van der Waals surface area contributed by atoms with Crippen LogP contribution in [0.15, 0.2) is 41.6 Å². The molecule has 0 aliphatic rings. The van der Waals surface area contributed by atoms with E-state index in [0.717, 1.165) is 22.3 Å². The van der Waals surface area contributed by atoms with Crippen molar-refractivity contribution >= 4 is 11.9 Å². The molecule has 2 rings (SSSR count). The van der Waals surface area contributed by atoms with Gasteiger partial charge in [-0.2, -0.15) is 18.4 Å². The quantitative estimate of drug-likeness (QED) is 0.554. The summed E-state index contributed by atoms with van der Waals surface area (Å²) in [7, 11) is 0. The zero-order valence-electron chi connectivity index (χ0n) is 12.9. The van der Waals surface area contributed by atoms with Crippen molar-refractivity contribution in [3.8, 4) is 6.07 Å². The molecule has 1 atom stereocenters. The maximum atomic E-state index is 13.6. The summed E-state index contributed by atoms with van der Waals surface area (Å²) >= 11 is 0.742. The average molecular weight is 373 g/mol. The van der Waals surface area contributed by atoms with Gasteiger partial charge in [0.15, 0.2) is 11.6 Å². The molecule has 0 amide bonds. The van der Waals surface area contributed by atoms with E-state index in [4.69, 9.17) is 5.26 Å². The lowest BCUT2D eigenvalue weighted by Crippen LogP contribution is -2.34. The fraction of sp³-hybridized carbons (Fsp3) is 0.250. The Morgan fingerprint density at radius 3 is 2.48 bits per heavy atom. The molecule has 0 saturated heterocycles. The maximum Gasteiger partial charge on any atom is 0.408 e.